The van der Waals surface area contributed by atoms with Crippen LogP contribution in [0.2, 0.25) is 0 Å². The molecule has 0 spiro atoms. The first-order valence-corrected chi connectivity index (χ1v) is 5.65. The fourth-order valence-corrected chi connectivity index (χ4v) is 2.01. The summed E-state index contributed by atoms with van der Waals surface area (Å²) in [4.78, 5) is 11.1. The second-order valence-corrected chi connectivity index (χ2v) is 4.23. The number of cyclic esters (lactones) is 1. The van der Waals surface area contributed by atoms with E-state index in [4.69, 9.17) is 4.74 Å². The maximum Gasteiger partial charge on any atom is 0.308 e. The molecule has 1 fully saturated rings. The van der Waals surface area contributed by atoms with E-state index >= 15 is 0 Å². The van der Waals surface area contributed by atoms with Crippen LogP contribution in [0.15, 0.2) is 30.3 Å². The lowest BCUT2D eigenvalue weighted by Crippen LogP contribution is -2.32. The van der Waals surface area contributed by atoms with Gasteiger partial charge in [-0.1, -0.05) is 30.3 Å². The Hall–Kier alpha value is -1.35. The van der Waals surface area contributed by atoms with Crippen molar-refractivity contribution in [2.24, 2.45) is 0 Å². The van der Waals surface area contributed by atoms with Gasteiger partial charge in [0.25, 0.3) is 0 Å². The monoisotopic (exact) mass is 220 g/mol. The van der Waals surface area contributed by atoms with E-state index in [0.29, 0.717) is 6.42 Å². The summed E-state index contributed by atoms with van der Waals surface area (Å²) in [7, 11) is 0. The van der Waals surface area contributed by atoms with Gasteiger partial charge < -0.3 is 9.84 Å². The summed E-state index contributed by atoms with van der Waals surface area (Å²) >= 11 is 0. The molecule has 1 aromatic rings. The van der Waals surface area contributed by atoms with Crippen molar-refractivity contribution in [1.82, 2.24) is 0 Å². The minimum Gasteiger partial charge on any atom is -0.462 e. The van der Waals surface area contributed by atoms with Gasteiger partial charge in [-0.25, -0.2) is 0 Å². The molecule has 16 heavy (non-hydrogen) atoms. The average molecular weight is 220 g/mol. The second-order valence-electron chi connectivity index (χ2n) is 4.23. The Morgan fingerprint density at radius 1 is 1.31 bits per heavy atom. The first-order chi connectivity index (χ1) is 7.74. The topological polar surface area (TPSA) is 46.5 Å². The molecular weight excluding hydrogens is 204 g/mol. The number of carbonyl (C=O) groups is 1. The van der Waals surface area contributed by atoms with E-state index in [0.717, 1.165) is 12.8 Å². The van der Waals surface area contributed by atoms with Gasteiger partial charge in [-0.05, 0) is 18.4 Å². The molecule has 3 nitrogen and oxygen atoms in total. The van der Waals surface area contributed by atoms with Crippen LogP contribution in [-0.4, -0.2) is 23.3 Å². The zero-order valence-corrected chi connectivity index (χ0v) is 9.13. The van der Waals surface area contributed by atoms with Crippen LogP contribution < -0.4 is 0 Å². The fourth-order valence-electron chi connectivity index (χ4n) is 2.01. The molecule has 0 aliphatic carbocycles. The number of aliphatic hydroxyl groups excluding tert-OH is 1. The quantitative estimate of drug-likeness (QED) is 0.788. The number of esters is 1. The Kier molecular flexibility index (Phi) is 3.57. The molecule has 1 heterocycles. The molecule has 0 amide bonds. The lowest BCUT2D eigenvalue weighted by Gasteiger charge is -2.25. The number of rotatable bonds is 3. The number of aliphatic hydroxyl groups is 1. The van der Waals surface area contributed by atoms with Crippen molar-refractivity contribution in [3.63, 3.8) is 0 Å². The summed E-state index contributed by atoms with van der Waals surface area (Å²) in [5.74, 6) is -0.281. The molecule has 1 aromatic carbocycles. The van der Waals surface area contributed by atoms with E-state index in [1.165, 1.54) is 5.56 Å². The van der Waals surface area contributed by atoms with Crippen molar-refractivity contribution in [1.29, 1.82) is 0 Å². The van der Waals surface area contributed by atoms with Crippen LogP contribution in [0.3, 0.4) is 0 Å². The highest BCUT2D eigenvalue weighted by molar-refractivity contribution is 5.70. The Bertz CT molecular complexity index is 347. The van der Waals surface area contributed by atoms with Gasteiger partial charge in [0, 0.05) is 6.42 Å². The highest BCUT2D eigenvalue weighted by Crippen LogP contribution is 2.19. The minimum absolute atomic E-state index is 0.128. The van der Waals surface area contributed by atoms with Crippen LogP contribution in [-0.2, 0) is 16.0 Å². The van der Waals surface area contributed by atoms with Crippen LogP contribution in [0.4, 0.5) is 0 Å². The van der Waals surface area contributed by atoms with E-state index < -0.39 is 6.10 Å². The third-order valence-electron chi connectivity index (χ3n) is 2.83. The number of ether oxygens (including phenoxy) is 1. The molecule has 0 radical (unpaired) electrons. The first-order valence-electron chi connectivity index (χ1n) is 5.65. The van der Waals surface area contributed by atoms with E-state index in [1.807, 2.05) is 18.2 Å². The number of hydrogen-bond donors (Lipinski definition) is 1. The largest absolute Gasteiger partial charge is 0.462 e. The van der Waals surface area contributed by atoms with Gasteiger partial charge in [0.2, 0.25) is 0 Å². The van der Waals surface area contributed by atoms with Crippen molar-refractivity contribution in [3.05, 3.63) is 35.9 Å². The van der Waals surface area contributed by atoms with Crippen molar-refractivity contribution >= 4 is 5.97 Å². The molecule has 1 aliphatic rings. The van der Waals surface area contributed by atoms with Crippen molar-refractivity contribution in [2.45, 2.75) is 37.9 Å². The van der Waals surface area contributed by atoms with Gasteiger partial charge in [-0.15, -0.1) is 0 Å². The van der Waals surface area contributed by atoms with Crippen molar-refractivity contribution in [3.8, 4) is 0 Å². The zero-order valence-electron chi connectivity index (χ0n) is 9.13. The van der Waals surface area contributed by atoms with Gasteiger partial charge in [0.05, 0.1) is 12.5 Å². The van der Waals surface area contributed by atoms with Gasteiger partial charge in [-0.2, -0.15) is 0 Å². The summed E-state index contributed by atoms with van der Waals surface area (Å²) < 4.78 is 5.18. The molecule has 1 aliphatic heterocycles. The predicted octanol–water partition coefficient (Wildman–Crippen LogP) is 1.69. The molecule has 0 aromatic heterocycles. The van der Waals surface area contributed by atoms with Crippen LogP contribution in [0.5, 0.6) is 0 Å². The van der Waals surface area contributed by atoms with E-state index in [1.54, 1.807) is 0 Å². The summed E-state index contributed by atoms with van der Waals surface area (Å²) in [5.41, 5.74) is 1.23. The van der Waals surface area contributed by atoms with E-state index in [-0.39, 0.29) is 18.5 Å². The number of hydrogen-bond acceptors (Lipinski definition) is 3. The molecule has 0 saturated carbocycles. The summed E-state index contributed by atoms with van der Waals surface area (Å²) in [5, 5.41) is 9.45. The zero-order chi connectivity index (χ0) is 11.4. The number of benzene rings is 1. The van der Waals surface area contributed by atoms with Crippen molar-refractivity contribution in [2.75, 3.05) is 0 Å². The summed E-state index contributed by atoms with van der Waals surface area (Å²) in [6.45, 7) is 0. The van der Waals surface area contributed by atoms with Gasteiger partial charge in [0.1, 0.15) is 6.10 Å². The first kappa shape index (κ1) is 11.1. The molecule has 1 N–H and O–H groups in total. The maximum atomic E-state index is 11.1. The third kappa shape index (κ3) is 3.07. The molecule has 2 rings (SSSR count). The lowest BCUT2D eigenvalue weighted by atomic mass is 9.99. The smallest absolute Gasteiger partial charge is 0.308 e. The third-order valence-corrected chi connectivity index (χ3v) is 2.83. The molecule has 3 heteroatoms. The maximum absolute atomic E-state index is 11.1. The number of aryl methyl sites for hydroxylation is 1. The Labute approximate surface area is 95.0 Å². The molecule has 86 valence electrons. The SMILES string of the molecule is O=C1C[C@@H](O)C[C@H](CCc2ccccc2)O1. The van der Waals surface area contributed by atoms with Crippen LogP contribution >= 0.6 is 0 Å². The average Bonchev–Trinajstić information content (AvgIpc) is 2.27. The summed E-state index contributed by atoms with van der Waals surface area (Å²) in [6.07, 6.45) is 1.72. The van der Waals surface area contributed by atoms with Crippen molar-refractivity contribution < 1.29 is 14.6 Å². The van der Waals surface area contributed by atoms with Crippen LogP contribution in [0, 0.1) is 0 Å². The minimum atomic E-state index is -0.526. The summed E-state index contributed by atoms with van der Waals surface area (Å²) in [6, 6.07) is 10.1. The fraction of sp³-hybridized carbons (Fsp3) is 0.462. The standard InChI is InChI=1S/C13H16O3/c14-11-8-12(16-13(15)9-11)7-6-10-4-2-1-3-5-10/h1-5,11-12,14H,6-9H2/t11-,12-/m0/s1. The number of carbonyl (C=O) groups excluding carboxylic acids is 1. The Morgan fingerprint density at radius 3 is 2.75 bits per heavy atom. The molecule has 1 saturated heterocycles. The van der Waals surface area contributed by atoms with Gasteiger partial charge in [-0.3, -0.25) is 4.79 Å². The second kappa shape index (κ2) is 5.12. The normalized spacial score (nSPS) is 25.2. The van der Waals surface area contributed by atoms with Gasteiger partial charge in [0.15, 0.2) is 0 Å². The van der Waals surface area contributed by atoms with Crippen LogP contribution in [0.1, 0.15) is 24.8 Å². The van der Waals surface area contributed by atoms with Gasteiger partial charge >= 0.3 is 5.97 Å². The molecular formula is C13H16O3. The highest BCUT2D eigenvalue weighted by Gasteiger charge is 2.26. The lowest BCUT2D eigenvalue weighted by molar-refractivity contribution is -0.160. The molecule has 0 bridgehead atoms. The van der Waals surface area contributed by atoms with Crippen LogP contribution in [0.25, 0.3) is 0 Å². The predicted molar refractivity (Wildman–Crippen MR) is 59.9 cm³/mol. The van der Waals surface area contributed by atoms with E-state index in [9.17, 15) is 9.90 Å². The molecule has 0 unspecified atom stereocenters. The highest BCUT2D eigenvalue weighted by atomic mass is 16.5. The Morgan fingerprint density at radius 2 is 2.06 bits per heavy atom. The van der Waals surface area contributed by atoms with E-state index in [2.05, 4.69) is 12.1 Å². The molecule has 2 atom stereocenters. The Balaban J connectivity index is 1.84.